The van der Waals surface area contributed by atoms with E-state index in [1.165, 1.54) is 19.3 Å². The van der Waals surface area contributed by atoms with E-state index >= 15 is 0 Å². The molecule has 1 aliphatic rings. The second-order valence-corrected chi connectivity index (χ2v) is 8.42. The van der Waals surface area contributed by atoms with Gasteiger partial charge >= 0.3 is 0 Å². The standard InChI is InChI=1S/C22H22IN3O2/c23-18-13-11-17(12-14-18)21(27)24-19(15-7-3-1-4-8-15)22-25-20(26-28-22)16-9-5-2-6-10-16/h2,5-6,9-15,19H,1,3-4,7-8H2,(H,24,27). The summed E-state index contributed by atoms with van der Waals surface area (Å²) in [6, 6.07) is 17.1. The van der Waals surface area contributed by atoms with Crippen LogP contribution in [0, 0.1) is 9.49 Å². The molecule has 0 aliphatic heterocycles. The third-order valence-corrected chi connectivity index (χ3v) is 5.97. The number of amides is 1. The molecule has 1 unspecified atom stereocenters. The maximum absolute atomic E-state index is 12.9. The van der Waals surface area contributed by atoms with Crippen LogP contribution in [0.4, 0.5) is 0 Å². The predicted octanol–water partition coefficient (Wildman–Crippen LogP) is 5.39. The van der Waals surface area contributed by atoms with Crippen LogP contribution in [0.25, 0.3) is 11.4 Å². The third-order valence-electron chi connectivity index (χ3n) is 5.25. The van der Waals surface area contributed by atoms with E-state index in [2.05, 4.69) is 38.0 Å². The Labute approximate surface area is 178 Å². The Balaban J connectivity index is 1.59. The summed E-state index contributed by atoms with van der Waals surface area (Å²) in [6.07, 6.45) is 5.69. The van der Waals surface area contributed by atoms with E-state index in [4.69, 9.17) is 4.52 Å². The Hall–Kier alpha value is -2.22. The van der Waals surface area contributed by atoms with Crippen molar-refractivity contribution in [1.82, 2.24) is 15.5 Å². The summed E-state index contributed by atoms with van der Waals surface area (Å²) in [5.41, 5.74) is 1.55. The number of hydrogen-bond donors (Lipinski definition) is 1. The molecule has 0 saturated heterocycles. The highest BCUT2D eigenvalue weighted by Crippen LogP contribution is 2.34. The fourth-order valence-electron chi connectivity index (χ4n) is 3.74. The highest BCUT2D eigenvalue weighted by molar-refractivity contribution is 14.1. The topological polar surface area (TPSA) is 68.0 Å². The van der Waals surface area contributed by atoms with Gasteiger partial charge in [0.15, 0.2) is 0 Å². The molecule has 1 N–H and O–H groups in total. The highest BCUT2D eigenvalue weighted by atomic mass is 127. The second kappa shape index (κ2) is 8.86. The van der Waals surface area contributed by atoms with Gasteiger partial charge in [-0.2, -0.15) is 4.98 Å². The normalized spacial score (nSPS) is 15.9. The van der Waals surface area contributed by atoms with Gasteiger partial charge in [0.05, 0.1) is 0 Å². The quantitative estimate of drug-likeness (QED) is 0.490. The van der Waals surface area contributed by atoms with Crippen LogP contribution in [0.3, 0.4) is 0 Å². The zero-order chi connectivity index (χ0) is 19.3. The van der Waals surface area contributed by atoms with Gasteiger partial charge in [-0.15, -0.1) is 0 Å². The number of halogens is 1. The molecule has 3 aromatic rings. The smallest absolute Gasteiger partial charge is 0.251 e. The molecule has 1 amide bonds. The lowest BCUT2D eigenvalue weighted by molar-refractivity contribution is 0.0896. The minimum absolute atomic E-state index is 0.105. The second-order valence-electron chi connectivity index (χ2n) is 7.18. The van der Waals surface area contributed by atoms with E-state index in [-0.39, 0.29) is 11.9 Å². The van der Waals surface area contributed by atoms with Gasteiger partial charge in [-0.1, -0.05) is 54.8 Å². The number of rotatable bonds is 5. The fourth-order valence-corrected chi connectivity index (χ4v) is 4.10. The lowest BCUT2D eigenvalue weighted by Crippen LogP contribution is -2.34. The average Bonchev–Trinajstić information content (AvgIpc) is 3.23. The third kappa shape index (κ3) is 4.43. The molecular formula is C22H22IN3O2. The Morgan fingerprint density at radius 1 is 1.04 bits per heavy atom. The zero-order valence-corrected chi connectivity index (χ0v) is 17.6. The molecular weight excluding hydrogens is 465 g/mol. The molecule has 5 nitrogen and oxygen atoms in total. The molecule has 1 heterocycles. The van der Waals surface area contributed by atoms with E-state index in [9.17, 15) is 4.79 Å². The molecule has 0 spiro atoms. The molecule has 4 rings (SSSR count). The van der Waals surface area contributed by atoms with Crippen LogP contribution in [0.1, 0.15) is 54.4 Å². The van der Waals surface area contributed by atoms with Crippen molar-refractivity contribution in [3.8, 4) is 11.4 Å². The van der Waals surface area contributed by atoms with Gasteiger partial charge in [-0.25, -0.2) is 0 Å². The molecule has 1 aliphatic carbocycles. The summed E-state index contributed by atoms with van der Waals surface area (Å²) in [4.78, 5) is 17.5. The molecule has 6 heteroatoms. The van der Waals surface area contributed by atoms with Crippen molar-refractivity contribution in [2.45, 2.75) is 38.1 Å². The summed E-state index contributed by atoms with van der Waals surface area (Å²) >= 11 is 2.23. The Bertz CT molecular complexity index is 918. The van der Waals surface area contributed by atoms with Crippen molar-refractivity contribution in [2.75, 3.05) is 0 Å². The van der Waals surface area contributed by atoms with Crippen molar-refractivity contribution in [3.05, 3.63) is 69.6 Å². The zero-order valence-electron chi connectivity index (χ0n) is 15.5. The molecule has 1 saturated carbocycles. The van der Waals surface area contributed by atoms with Crippen LogP contribution >= 0.6 is 22.6 Å². The minimum atomic E-state index is -0.267. The number of hydrogen-bond acceptors (Lipinski definition) is 4. The van der Waals surface area contributed by atoms with Gasteiger partial charge < -0.3 is 9.84 Å². The molecule has 2 aromatic carbocycles. The van der Waals surface area contributed by atoms with Gasteiger partial charge in [0.2, 0.25) is 11.7 Å². The van der Waals surface area contributed by atoms with Crippen molar-refractivity contribution in [2.24, 2.45) is 5.92 Å². The number of carbonyl (C=O) groups excluding carboxylic acids is 1. The first-order valence-corrected chi connectivity index (χ1v) is 10.7. The monoisotopic (exact) mass is 487 g/mol. The highest BCUT2D eigenvalue weighted by Gasteiger charge is 2.31. The largest absolute Gasteiger partial charge is 0.340 e. The van der Waals surface area contributed by atoms with Crippen molar-refractivity contribution in [1.29, 1.82) is 0 Å². The van der Waals surface area contributed by atoms with Crippen LogP contribution in [-0.2, 0) is 0 Å². The lowest BCUT2D eigenvalue weighted by Gasteiger charge is -2.28. The summed E-state index contributed by atoms with van der Waals surface area (Å²) in [5.74, 6) is 1.25. The minimum Gasteiger partial charge on any atom is -0.340 e. The molecule has 1 atom stereocenters. The van der Waals surface area contributed by atoms with Crippen molar-refractivity contribution in [3.63, 3.8) is 0 Å². The van der Waals surface area contributed by atoms with Gasteiger partial charge in [-0.05, 0) is 65.6 Å². The van der Waals surface area contributed by atoms with Crippen molar-refractivity contribution >= 4 is 28.5 Å². The van der Waals surface area contributed by atoms with Gasteiger partial charge in [0, 0.05) is 14.7 Å². The van der Waals surface area contributed by atoms with Crippen LogP contribution in [0.5, 0.6) is 0 Å². The summed E-state index contributed by atoms with van der Waals surface area (Å²) in [6.45, 7) is 0. The van der Waals surface area contributed by atoms with Crippen LogP contribution in [-0.4, -0.2) is 16.0 Å². The first kappa shape index (κ1) is 19.1. The number of benzene rings is 2. The maximum Gasteiger partial charge on any atom is 0.251 e. The van der Waals surface area contributed by atoms with E-state index in [1.54, 1.807) is 0 Å². The van der Waals surface area contributed by atoms with Crippen LogP contribution in [0.15, 0.2) is 59.1 Å². The van der Waals surface area contributed by atoms with Gasteiger partial charge in [0.25, 0.3) is 5.91 Å². The summed E-state index contributed by atoms with van der Waals surface area (Å²) in [5, 5.41) is 7.32. The first-order chi connectivity index (χ1) is 13.7. The van der Waals surface area contributed by atoms with Crippen LogP contribution in [0.2, 0.25) is 0 Å². The SMILES string of the molecule is O=C(NC(c1nc(-c2ccccc2)no1)C1CCCCC1)c1ccc(I)cc1. The van der Waals surface area contributed by atoms with Crippen molar-refractivity contribution < 1.29 is 9.32 Å². The van der Waals surface area contributed by atoms with E-state index in [0.717, 1.165) is 22.0 Å². The van der Waals surface area contributed by atoms with Crippen LogP contribution < -0.4 is 5.32 Å². The first-order valence-electron chi connectivity index (χ1n) is 9.66. The summed E-state index contributed by atoms with van der Waals surface area (Å²) < 4.78 is 6.71. The molecule has 0 bridgehead atoms. The molecule has 1 aromatic heterocycles. The number of nitrogens with zero attached hydrogens (tertiary/aromatic N) is 2. The average molecular weight is 487 g/mol. The summed E-state index contributed by atoms with van der Waals surface area (Å²) in [7, 11) is 0. The molecule has 1 fully saturated rings. The van der Waals surface area contributed by atoms with E-state index in [0.29, 0.717) is 23.2 Å². The maximum atomic E-state index is 12.9. The molecule has 28 heavy (non-hydrogen) atoms. The number of nitrogens with one attached hydrogen (secondary N) is 1. The Morgan fingerprint density at radius 3 is 2.46 bits per heavy atom. The Kier molecular flexibility index (Phi) is 6.04. The van der Waals surface area contributed by atoms with Gasteiger partial charge in [-0.3, -0.25) is 4.79 Å². The Morgan fingerprint density at radius 2 is 1.75 bits per heavy atom. The number of aromatic nitrogens is 2. The van der Waals surface area contributed by atoms with Gasteiger partial charge in [0.1, 0.15) is 6.04 Å². The molecule has 0 radical (unpaired) electrons. The number of carbonyl (C=O) groups is 1. The predicted molar refractivity (Wildman–Crippen MR) is 116 cm³/mol. The van der Waals surface area contributed by atoms with E-state index in [1.807, 2.05) is 54.6 Å². The molecule has 144 valence electrons. The lowest BCUT2D eigenvalue weighted by atomic mass is 9.83. The van der Waals surface area contributed by atoms with E-state index < -0.39 is 0 Å². The fraction of sp³-hybridized carbons (Fsp3) is 0.318.